The zero-order valence-electron chi connectivity index (χ0n) is 9.72. The molecule has 1 aromatic heterocycles. The van der Waals surface area contributed by atoms with Crippen LogP contribution in [-0.4, -0.2) is 9.97 Å². The van der Waals surface area contributed by atoms with Crippen molar-refractivity contribution in [2.24, 2.45) is 0 Å². The van der Waals surface area contributed by atoms with Crippen molar-refractivity contribution in [2.75, 3.05) is 0 Å². The molecule has 17 heavy (non-hydrogen) atoms. The van der Waals surface area contributed by atoms with Gasteiger partial charge in [0.25, 0.3) is 0 Å². The number of rotatable bonds is 3. The smallest absolute Gasteiger partial charge is 0.321 e. The summed E-state index contributed by atoms with van der Waals surface area (Å²) in [5.74, 6) is 1.29. The first kappa shape index (κ1) is 12.3. The fourth-order valence-electron chi connectivity index (χ4n) is 1.38. The van der Waals surface area contributed by atoms with Crippen molar-refractivity contribution in [1.82, 2.24) is 9.97 Å². The van der Waals surface area contributed by atoms with Gasteiger partial charge in [-0.1, -0.05) is 26.0 Å². The third kappa shape index (κ3) is 3.39. The summed E-state index contributed by atoms with van der Waals surface area (Å²) in [5, 5.41) is 0. The molecule has 0 amide bonds. The molecule has 0 aliphatic rings. The van der Waals surface area contributed by atoms with E-state index in [0.717, 1.165) is 9.32 Å². The standard InChI is InChI=1S/C13H13IN2O/c1-9(2)10-3-5-12(6-4-10)17-13-15-7-11(14)8-16-13/h3-9H,1-2H3. The Morgan fingerprint density at radius 2 is 1.65 bits per heavy atom. The molecule has 3 nitrogen and oxygen atoms in total. The van der Waals surface area contributed by atoms with Crippen LogP contribution in [0.1, 0.15) is 25.3 Å². The van der Waals surface area contributed by atoms with E-state index in [1.54, 1.807) is 12.4 Å². The highest BCUT2D eigenvalue weighted by atomic mass is 127. The van der Waals surface area contributed by atoms with E-state index in [9.17, 15) is 0 Å². The number of halogens is 1. The number of hydrogen-bond acceptors (Lipinski definition) is 3. The van der Waals surface area contributed by atoms with Gasteiger partial charge in [-0.2, -0.15) is 0 Å². The molecule has 0 aliphatic carbocycles. The van der Waals surface area contributed by atoms with Gasteiger partial charge in [-0.3, -0.25) is 0 Å². The summed E-state index contributed by atoms with van der Waals surface area (Å²) >= 11 is 2.16. The van der Waals surface area contributed by atoms with Crippen LogP contribution in [0.4, 0.5) is 0 Å². The Labute approximate surface area is 114 Å². The van der Waals surface area contributed by atoms with E-state index in [4.69, 9.17) is 4.74 Å². The van der Waals surface area contributed by atoms with Gasteiger partial charge in [0, 0.05) is 16.0 Å². The average Bonchev–Trinajstić information content (AvgIpc) is 2.33. The number of hydrogen-bond donors (Lipinski definition) is 0. The highest BCUT2D eigenvalue weighted by Gasteiger charge is 2.02. The lowest BCUT2D eigenvalue weighted by Gasteiger charge is -2.07. The van der Waals surface area contributed by atoms with Crippen LogP contribution in [0.15, 0.2) is 36.7 Å². The van der Waals surface area contributed by atoms with Gasteiger partial charge in [0.1, 0.15) is 5.75 Å². The third-order valence-corrected chi connectivity index (χ3v) is 2.91. The average molecular weight is 340 g/mol. The largest absolute Gasteiger partial charge is 0.424 e. The van der Waals surface area contributed by atoms with Crippen LogP contribution in [0.5, 0.6) is 11.8 Å². The monoisotopic (exact) mass is 340 g/mol. The van der Waals surface area contributed by atoms with E-state index in [0.29, 0.717) is 11.9 Å². The maximum atomic E-state index is 5.54. The quantitative estimate of drug-likeness (QED) is 0.793. The minimum atomic E-state index is 0.378. The van der Waals surface area contributed by atoms with Gasteiger partial charge in [0.15, 0.2) is 0 Å². The first-order valence-corrected chi connectivity index (χ1v) is 6.48. The second-order valence-corrected chi connectivity index (χ2v) is 5.26. The fourth-order valence-corrected chi connectivity index (χ4v) is 1.66. The Balaban J connectivity index is 2.11. The molecule has 1 aromatic carbocycles. The van der Waals surface area contributed by atoms with Gasteiger partial charge in [-0.15, -0.1) is 0 Å². The summed E-state index contributed by atoms with van der Waals surface area (Å²) in [6, 6.07) is 8.38. The van der Waals surface area contributed by atoms with Gasteiger partial charge in [0.05, 0.1) is 0 Å². The molecule has 1 heterocycles. The van der Waals surface area contributed by atoms with Gasteiger partial charge >= 0.3 is 6.01 Å². The predicted octanol–water partition coefficient (Wildman–Crippen LogP) is 4.00. The van der Waals surface area contributed by atoms with E-state index in [2.05, 4.69) is 58.5 Å². The van der Waals surface area contributed by atoms with Crippen LogP contribution >= 0.6 is 22.6 Å². The lowest BCUT2D eigenvalue weighted by atomic mass is 10.0. The van der Waals surface area contributed by atoms with Crippen molar-refractivity contribution < 1.29 is 4.74 Å². The Morgan fingerprint density at radius 1 is 1.06 bits per heavy atom. The van der Waals surface area contributed by atoms with Crippen LogP contribution in [0.3, 0.4) is 0 Å². The molecule has 2 aromatic rings. The molecule has 0 atom stereocenters. The molecule has 88 valence electrons. The minimum Gasteiger partial charge on any atom is -0.424 e. The van der Waals surface area contributed by atoms with Crippen LogP contribution in [0, 0.1) is 3.57 Å². The molecule has 4 heteroatoms. The Kier molecular flexibility index (Phi) is 3.93. The van der Waals surface area contributed by atoms with Crippen LogP contribution in [0.25, 0.3) is 0 Å². The number of nitrogens with zero attached hydrogens (tertiary/aromatic N) is 2. The Bertz CT molecular complexity index is 480. The van der Waals surface area contributed by atoms with Crippen molar-refractivity contribution in [3.8, 4) is 11.8 Å². The van der Waals surface area contributed by atoms with Crippen molar-refractivity contribution in [3.05, 3.63) is 45.8 Å². The lowest BCUT2D eigenvalue weighted by molar-refractivity contribution is 0.441. The maximum Gasteiger partial charge on any atom is 0.321 e. The van der Waals surface area contributed by atoms with E-state index in [1.807, 2.05) is 12.1 Å². The highest BCUT2D eigenvalue weighted by Crippen LogP contribution is 2.21. The summed E-state index contributed by atoms with van der Waals surface area (Å²) in [6.45, 7) is 4.33. The molecular weight excluding hydrogens is 327 g/mol. The molecule has 0 aliphatic heterocycles. The lowest BCUT2D eigenvalue weighted by Crippen LogP contribution is -1.92. The topological polar surface area (TPSA) is 35.0 Å². The summed E-state index contributed by atoms with van der Waals surface area (Å²) in [4.78, 5) is 8.18. The second kappa shape index (κ2) is 5.44. The van der Waals surface area contributed by atoms with Gasteiger partial charge in [-0.25, -0.2) is 9.97 Å². The summed E-state index contributed by atoms with van der Waals surface area (Å²) in [7, 11) is 0. The summed E-state index contributed by atoms with van der Waals surface area (Å²) < 4.78 is 6.53. The normalized spacial score (nSPS) is 10.6. The number of ether oxygens (including phenoxy) is 1. The molecule has 0 saturated carbocycles. The van der Waals surface area contributed by atoms with Gasteiger partial charge in [-0.05, 0) is 46.2 Å². The summed E-state index contributed by atoms with van der Waals surface area (Å²) in [5.41, 5.74) is 1.29. The predicted molar refractivity (Wildman–Crippen MR) is 75.4 cm³/mol. The molecule has 0 N–H and O–H groups in total. The van der Waals surface area contributed by atoms with E-state index < -0.39 is 0 Å². The molecular formula is C13H13IN2O. The fraction of sp³-hybridized carbons (Fsp3) is 0.231. The SMILES string of the molecule is CC(C)c1ccc(Oc2ncc(I)cn2)cc1. The highest BCUT2D eigenvalue weighted by molar-refractivity contribution is 14.1. The maximum absolute atomic E-state index is 5.54. The molecule has 0 bridgehead atoms. The zero-order valence-corrected chi connectivity index (χ0v) is 11.9. The first-order chi connectivity index (χ1) is 8.15. The molecule has 2 rings (SSSR count). The molecule has 0 radical (unpaired) electrons. The zero-order chi connectivity index (χ0) is 12.3. The van der Waals surface area contributed by atoms with Crippen LogP contribution in [0.2, 0.25) is 0 Å². The van der Waals surface area contributed by atoms with Crippen molar-refractivity contribution in [3.63, 3.8) is 0 Å². The van der Waals surface area contributed by atoms with Crippen molar-refractivity contribution in [1.29, 1.82) is 0 Å². The van der Waals surface area contributed by atoms with Gasteiger partial charge < -0.3 is 4.74 Å². The summed E-state index contributed by atoms with van der Waals surface area (Å²) in [6.07, 6.45) is 3.46. The Morgan fingerprint density at radius 3 is 2.18 bits per heavy atom. The van der Waals surface area contributed by atoms with Crippen molar-refractivity contribution >= 4 is 22.6 Å². The van der Waals surface area contributed by atoms with E-state index in [-0.39, 0.29) is 0 Å². The first-order valence-electron chi connectivity index (χ1n) is 5.40. The molecule has 0 unspecified atom stereocenters. The molecule has 0 fully saturated rings. The van der Waals surface area contributed by atoms with Crippen molar-refractivity contribution in [2.45, 2.75) is 19.8 Å². The minimum absolute atomic E-state index is 0.378. The number of aromatic nitrogens is 2. The Hall–Kier alpha value is -1.17. The van der Waals surface area contributed by atoms with Crippen LogP contribution < -0.4 is 4.74 Å². The molecule has 0 spiro atoms. The van der Waals surface area contributed by atoms with Gasteiger partial charge in [0.2, 0.25) is 0 Å². The van der Waals surface area contributed by atoms with Crippen LogP contribution in [-0.2, 0) is 0 Å². The molecule has 0 saturated heterocycles. The second-order valence-electron chi connectivity index (χ2n) is 4.01. The third-order valence-electron chi connectivity index (χ3n) is 2.35. The number of benzene rings is 1. The van der Waals surface area contributed by atoms with E-state index >= 15 is 0 Å². The van der Waals surface area contributed by atoms with E-state index in [1.165, 1.54) is 5.56 Å².